The number of nitrogens with two attached hydrogens (primary N) is 1. The van der Waals surface area contributed by atoms with Crippen LogP contribution in [-0.2, 0) is 43.5 Å². The molecule has 4 aromatic heterocycles. The highest BCUT2D eigenvalue weighted by Gasteiger charge is 2.54. The van der Waals surface area contributed by atoms with Crippen molar-refractivity contribution < 1.29 is 80.8 Å². The van der Waals surface area contributed by atoms with Crippen molar-refractivity contribution in [3.8, 4) is 0 Å². The number of phosphoric acid groups is 3. The second-order valence-electron chi connectivity index (χ2n) is 11.5. The van der Waals surface area contributed by atoms with Crippen molar-refractivity contribution in [3.63, 3.8) is 0 Å². The van der Waals surface area contributed by atoms with Gasteiger partial charge in [-0.15, -0.1) is 0 Å². The van der Waals surface area contributed by atoms with Crippen LogP contribution in [0.15, 0.2) is 23.8 Å². The highest BCUT2D eigenvalue weighted by molar-refractivity contribution is 7.71. The first-order valence-corrected chi connectivity index (χ1v) is 19.5. The first-order chi connectivity index (χ1) is 24.8. The first-order valence-electron chi connectivity index (χ1n) is 15.0. The van der Waals surface area contributed by atoms with Crippen LogP contribution in [0.3, 0.4) is 0 Å². The van der Waals surface area contributed by atoms with Gasteiger partial charge in [-0.1, -0.05) is 9.29 Å². The van der Waals surface area contributed by atoms with Gasteiger partial charge >= 0.3 is 29.8 Å². The summed E-state index contributed by atoms with van der Waals surface area (Å²) in [7, 11) is -12.9. The fourth-order valence-corrected chi connectivity index (χ4v) is 9.29. The van der Waals surface area contributed by atoms with E-state index in [1.54, 1.807) is 7.05 Å². The van der Waals surface area contributed by atoms with E-state index >= 15 is 0 Å². The monoisotopic (exact) mass is 815 g/mol. The van der Waals surface area contributed by atoms with Gasteiger partial charge in [-0.2, -0.15) is 14.3 Å². The van der Waals surface area contributed by atoms with Crippen molar-refractivity contribution in [2.45, 2.75) is 49.1 Å². The molecule has 0 saturated carbocycles. The molecule has 4 aromatic rings. The minimum atomic E-state index is -5.95. The van der Waals surface area contributed by atoms with Crippen molar-refractivity contribution in [2.75, 3.05) is 38.4 Å². The molecule has 292 valence electrons. The van der Waals surface area contributed by atoms with Gasteiger partial charge in [0.05, 0.1) is 20.0 Å². The molecule has 0 spiro atoms. The molecule has 0 amide bonds. The van der Waals surface area contributed by atoms with E-state index in [-0.39, 0.29) is 22.8 Å². The summed E-state index contributed by atoms with van der Waals surface area (Å²) in [5, 5.41) is 34.8. The second kappa shape index (κ2) is 14.9. The van der Waals surface area contributed by atoms with Gasteiger partial charge in [0.15, 0.2) is 24.0 Å². The maximum atomic E-state index is 12.6. The number of methoxy groups -OCH3 is 1. The van der Waals surface area contributed by atoms with Gasteiger partial charge < -0.3 is 55.3 Å². The van der Waals surface area contributed by atoms with E-state index in [2.05, 4.69) is 43.4 Å². The SMILES string of the molecule is CNc1ncnc2c1ncn2[C@@H]1O[C@H](COP(=O)(O)O[P+]([O-])(O)O[P+]([O-])(O)OC[C@H]2O[C@@H]([n+]3cn(C)c4c(=O)[nH]c(N)nc43)[C@H](O)[C@@H]2O)[C@@H](O)[C@H]1OC. The predicted octanol–water partition coefficient (Wildman–Crippen LogP) is -4.87. The molecule has 2 aliphatic heterocycles. The minimum absolute atomic E-state index is 0.0266. The Hall–Kier alpha value is -3.01. The number of nitrogens with one attached hydrogen (secondary N) is 2. The number of phosphoric ester groups is 2. The molecule has 53 heavy (non-hydrogen) atoms. The Labute approximate surface area is 297 Å². The zero-order valence-corrected chi connectivity index (χ0v) is 30.2. The Kier molecular flexibility index (Phi) is 11.2. The van der Waals surface area contributed by atoms with Crippen molar-refractivity contribution in [1.82, 2.24) is 34.1 Å². The number of aliphatic hydroxyl groups excluding tert-OH is 3. The highest BCUT2D eigenvalue weighted by Crippen LogP contribution is 2.71. The number of aryl methyl sites for hydroxylation is 1. The van der Waals surface area contributed by atoms with E-state index in [1.807, 2.05) is 0 Å². The van der Waals surface area contributed by atoms with Crippen LogP contribution in [0, 0.1) is 0 Å². The lowest BCUT2D eigenvalue weighted by Gasteiger charge is -2.25. The molecule has 6 rings (SSSR count). The summed E-state index contributed by atoms with van der Waals surface area (Å²) in [6, 6.07) is 0. The number of H-pyrrole nitrogens is 1. The molecule has 11 atom stereocenters. The number of aromatic amines is 1. The van der Waals surface area contributed by atoms with Crippen LogP contribution in [0.25, 0.3) is 22.3 Å². The molecule has 2 saturated heterocycles. The van der Waals surface area contributed by atoms with Crippen LogP contribution in [-0.4, -0.2) is 128 Å². The summed E-state index contributed by atoms with van der Waals surface area (Å²) >= 11 is 0. The summed E-state index contributed by atoms with van der Waals surface area (Å²) in [6.07, 6.45) is -7.73. The molecule has 27 nitrogen and oxygen atoms in total. The Bertz CT molecular complexity index is 2070. The van der Waals surface area contributed by atoms with E-state index in [1.165, 1.54) is 42.3 Å². The molecule has 2 aliphatic rings. The molecule has 3 unspecified atom stereocenters. The van der Waals surface area contributed by atoms with Crippen molar-refractivity contribution in [1.29, 1.82) is 0 Å². The average molecular weight is 816 g/mol. The summed E-state index contributed by atoms with van der Waals surface area (Å²) in [5.74, 6) is 0.128. The van der Waals surface area contributed by atoms with Crippen molar-refractivity contribution >= 4 is 58.3 Å². The predicted molar refractivity (Wildman–Crippen MR) is 170 cm³/mol. The molecular weight excluding hydrogens is 781 g/mol. The fourth-order valence-electron chi connectivity index (χ4n) is 5.77. The van der Waals surface area contributed by atoms with Crippen molar-refractivity contribution in [3.05, 3.63) is 29.3 Å². The zero-order chi connectivity index (χ0) is 38.6. The standard InChI is InChI=1S/C23H33N10O17P3/c1-25-17-11-18(27-6-26-17)32(7-28-11)22-16(44-3)14(35)10(48-22)5-46-52(40,41)50-53(42,43)49-51(38,39)45-4-9-13(34)15(36)21(47-9)33-8-31(2)12-19(33)29-23(24)30-20(12)37/h6-10,13-16,21-22,34-36H,4-5H2,1-3H3,(H6-,24,25,26,27,29,30,37,38,39,40,41,42,43)/p+1/t9-,10-,13-,14-,15-,16-,21-,22-/m1/s1. The number of aliphatic hydroxyl groups is 3. The highest BCUT2D eigenvalue weighted by atomic mass is 31.3. The van der Waals surface area contributed by atoms with Crippen LogP contribution in [0.4, 0.5) is 11.8 Å². The van der Waals surface area contributed by atoms with Crippen LogP contribution in [0.2, 0.25) is 0 Å². The maximum absolute atomic E-state index is 12.6. The van der Waals surface area contributed by atoms with Gasteiger partial charge in [0.1, 0.15) is 55.1 Å². The topological polar surface area (TPSA) is 385 Å². The minimum Gasteiger partial charge on any atom is -0.603 e. The Morgan fingerprint density at radius 1 is 1.11 bits per heavy atom. The summed E-state index contributed by atoms with van der Waals surface area (Å²) in [4.78, 5) is 86.4. The smallest absolute Gasteiger partial charge is 0.511 e. The number of anilines is 2. The summed E-state index contributed by atoms with van der Waals surface area (Å²) in [6.45, 7) is -1.99. The summed E-state index contributed by atoms with van der Waals surface area (Å²) in [5.41, 5.74) is 5.62. The Morgan fingerprint density at radius 3 is 2.53 bits per heavy atom. The number of rotatable bonds is 14. The molecule has 0 aliphatic carbocycles. The second-order valence-corrected chi connectivity index (χ2v) is 16.2. The third-order valence-electron chi connectivity index (χ3n) is 8.07. The number of nitrogens with zero attached hydrogens (tertiary/aromatic N) is 7. The Balaban J connectivity index is 1.05. The largest absolute Gasteiger partial charge is 0.603 e. The first kappa shape index (κ1) is 39.7. The van der Waals surface area contributed by atoms with Gasteiger partial charge in [-0.25, -0.2) is 24.1 Å². The molecule has 0 radical (unpaired) electrons. The van der Waals surface area contributed by atoms with Gasteiger partial charge in [0.2, 0.25) is 11.7 Å². The molecule has 30 heteroatoms. The normalized spacial score (nSPS) is 29.7. The van der Waals surface area contributed by atoms with Gasteiger partial charge in [-0.3, -0.25) is 23.4 Å². The van der Waals surface area contributed by atoms with Crippen LogP contribution < -0.4 is 31.0 Å². The number of imidazole rings is 2. The van der Waals surface area contributed by atoms with Crippen LogP contribution >= 0.6 is 24.2 Å². The number of ether oxygens (including phenoxy) is 3. The fraction of sp³-hybridized carbons (Fsp3) is 0.565. The maximum Gasteiger partial charge on any atom is 0.511 e. The van der Waals surface area contributed by atoms with Gasteiger partial charge in [-0.05, 0) is 0 Å². The zero-order valence-electron chi connectivity index (χ0n) is 27.5. The van der Waals surface area contributed by atoms with Gasteiger partial charge in [0, 0.05) is 18.5 Å². The molecule has 6 heterocycles. The lowest BCUT2D eigenvalue weighted by molar-refractivity contribution is -0.745. The number of hydrogen-bond donors (Lipinski definition) is 9. The van der Waals surface area contributed by atoms with E-state index in [0.29, 0.717) is 11.3 Å². The number of fused-ring (bicyclic) bond motifs is 2. The van der Waals surface area contributed by atoms with E-state index in [9.17, 15) is 49.1 Å². The average Bonchev–Trinajstić information content (AvgIpc) is 3.80. The lowest BCUT2D eigenvalue weighted by atomic mass is 10.1. The van der Waals surface area contributed by atoms with E-state index in [4.69, 9.17) is 24.5 Å². The third kappa shape index (κ3) is 8.04. The van der Waals surface area contributed by atoms with E-state index < -0.39 is 92.0 Å². The molecule has 0 bridgehead atoms. The Morgan fingerprint density at radius 2 is 1.83 bits per heavy atom. The van der Waals surface area contributed by atoms with Crippen LogP contribution in [0.1, 0.15) is 12.5 Å². The molecule has 10 N–H and O–H groups in total. The number of nitrogen functional groups attached to an aromatic ring is 1. The van der Waals surface area contributed by atoms with Crippen LogP contribution in [0.5, 0.6) is 0 Å². The van der Waals surface area contributed by atoms with Crippen molar-refractivity contribution in [2.24, 2.45) is 7.05 Å². The third-order valence-corrected chi connectivity index (χ3v) is 12.3. The molecule has 0 aromatic carbocycles. The number of aromatic nitrogens is 8. The number of hydrogen-bond acceptors (Lipinski definition) is 22. The quantitative estimate of drug-likeness (QED) is 0.0425. The van der Waals surface area contributed by atoms with E-state index in [0.717, 1.165) is 4.57 Å². The lowest BCUT2D eigenvalue weighted by Crippen LogP contribution is -2.46. The molecular formula is C23H34N10O17P3+. The molecule has 2 fully saturated rings. The summed E-state index contributed by atoms with van der Waals surface area (Å²) < 4.78 is 50.8. The van der Waals surface area contributed by atoms with Gasteiger partial charge in [0.25, 0.3) is 11.5 Å².